The fourth-order valence-electron chi connectivity index (χ4n) is 3.67. The van der Waals surface area contributed by atoms with Gasteiger partial charge < -0.3 is 9.80 Å². The van der Waals surface area contributed by atoms with Gasteiger partial charge in [-0.1, -0.05) is 0 Å². The van der Waals surface area contributed by atoms with E-state index in [-0.39, 0.29) is 24.9 Å². The fraction of sp³-hybridized carbons (Fsp3) is 0.529. The Morgan fingerprint density at radius 3 is 2.59 bits per heavy atom. The van der Waals surface area contributed by atoms with E-state index in [9.17, 15) is 26.8 Å². The number of nitrogens with zero attached hydrogens (tertiary/aromatic N) is 2. The maximum Gasteiger partial charge on any atom is 0.261 e. The van der Waals surface area contributed by atoms with Crippen molar-refractivity contribution in [3.63, 3.8) is 0 Å². The summed E-state index contributed by atoms with van der Waals surface area (Å²) in [5.41, 5.74) is -0.894. The van der Waals surface area contributed by atoms with E-state index in [4.69, 9.17) is 0 Å². The third kappa shape index (κ3) is 3.20. The number of rotatable bonds is 4. The average molecular weight is 399 g/mol. The van der Waals surface area contributed by atoms with Crippen LogP contribution >= 0.6 is 0 Å². The molecule has 146 valence electrons. The number of benzene rings is 1. The molecule has 27 heavy (non-hydrogen) atoms. The van der Waals surface area contributed by atoms with Gasteiger partial charge in [-0.3, -0.25) is 9.59 Å². The maximum absolute atomic E-state index is 14.9. The van der Waals surface area contributed by atoms with E-state index >= 15 is 0 Å². The Kier molecular flexibility index (Phi) is 4.42. The van der Waals surface area contributed by atoms with Crippen molar-refractivity contribution in [1.29, 1.82) is 0 Å². The highest BCUT2D eigenvalue weighted by atomic mass is 32.2. The fourth-order valence-corrected chi connectivity index (χ4v) is 5.06. The first-order chi connectivity index (χ1) is 12.8. The molecule has 10 heteroatoms. The molecule has 0 aromatic heterocycles. The molecule has 3 fully saturated rings. The largest absolute Gasteiger partial charge is 0.322 e. The number of carbonyl (C=O) groups excluding carboxylic acids is 2. The van der Waals surface area contributed by atoms with Gasteiger partial charge in [-0.25, -0.2) is 21.9 Å². The van der Waals surface area contributed by atoms with E-state index in [1.54, 1.807) is 0 Å². The minimum Gasteiger partial charge on any atom is -0.322 e. The molecule has 2 aliphatic heterocycles. The molecule has 7 nitrogen and oxygen atoms in total. The molecular weight excluding hydrogens is 380 g/mol. The van der Waals surface area contributed by atoms with Gasteiger partial charge in [0.05, 0.1) is 0 Å². The van der Waals surface area contributed by atoms with E-state index in [1.165, 1.54) is 9.80 Å². The molecule has 2 amide bonds. The summed E-state index contributed by atoms with van der Waals surface area (Å²) in [6.45, 7) is 0.549. The Morgan fingerprint density at radius 2 is 1.89 bits per heavy atom. The molecule has 4 rings (SSSR count). The number of fused-ring (bicyclic) bond motifs is 1. The van der Waals surface area contributed by atoms with Crippen LogP contribution in [0.5, 0.6) is 0 Å². The van der Waals surface area contributed by atoms with E-state index in [2.05, 4.69) is 4.72 Å². The highest BCUT2D eigenvalue weighted by Gasteiger charge is 2.41. The van der Waals surface area contributed by atoms with Gasteiger partial charge >= 0.3 is 0 Å². The summed E-state index contributed by atoms with van der Waals surface area (Å²) < 4.78 is 56.3. The first-order valence-corrected chi connectivity index (χ1v) is 10.4. The molecule has 1 unspecified atom stereocenters. The minimum absolute atomic E-state index is 0.0506. The molecular formula is C17H19F2N3O4S. The van der Waals surface area contributed by atoms with Crippen molar-refractivity contribution in [1.82, 2.24) is 14.5 Å². The monoisotopic (exact) mass is 399 g/mol. The number of sulfonamides is 1. The van der Waals surface area contributed by atoms with Gasteiger partial charge in [0.15, 0.2) is 5.82 Å². The molecule has 1 aromatic carbocycles. The van der Waals surface area contributed by atoms with Gasteiger partial charge in [0.1, 0.15) is 22.4 Å². The van der Waals surface area contributed by atoms with Gasteiger partial charge in [0.2, 0.25) is 15.9 Å². The number of amides is 2. The second-order valence-electron chi connectivity index (χ2n) is 7.09. The van der Waals surface area contributed by atoms with Gasteiger partial charge in [0, 0.05) is 25.6 Å². The van der Waals surface area contributed by atoms with Crippen molar-refractivity contribution >= 4 is 21.8 Å². The molecule has 1 aromatic rings. The highest BCUT2D eigenvalue weighted by molar-refractivity contribution is 7.89. The summed E-state index contributed by atoms with van der Waals surface area (Å²) >= 11 is 0. The van der Waals surface area contributed by atoms with E-state index in [0.717, 1.165) is 12.1 Å². The molecule has 0 spiro atoms. The molecule has 2 saturated heterocycles. The number of carbonyl (C=O) groups is 2. The molecule has 3 aliphatic rings. The van der Waals surface area contributed by atoms with Crippen LogP contribution in [-0.2, 0) is 14.8 Å². The summed E-state index contributed by atoms with van der Waals surface area (Å²) in [6.07, 6.45) is 2.09. The Hall–Kier alpha value is -2.07. The quantitative estimate of drug-likeness (QED) is 0.824. The summed E-state index contributed by atoms with van der Waals surface area (Å²) in [5.74, 6) is -3.54. The second kappa shape index (κ2) is 6.52. The molecule has 1 atom stereocenters. The molecule has 1 N–H and O–H groups in total. The highest BCUT2D eigenvalue weighted by Crippen LogP contribution is 2.30. The van der Waals surface area contributed by atoms with Gasteiger partial charge in [-0.05, 0) is 37.8 Å². The molecule has 0 radical (unpaired) electrons. The lowest BCUT2D eigenvalue weighted by Gasteiger charge is -2.39. The van der Waals surface area contributed by atoms with Gasteiger partial charge in [0.25, 0.3) is 5.91 Å². The number of halogens is 2. The summed E-state index contributed by atoms with van der Waals surface area (Å²) in [7, 11) is -4.18. The lowest BCUT2D eigenvalue weighted by atomic mass is 10.1. The number of hydrogen-bond acceptors (Lipinski definition) is 4. The van der Waals surface area contributed by atoms with Crippen LogP contribution < -0.4 is 4.72 Å². The smallest absolute Gasteiger partial charge is 0.261 e. The summed E-state index contributed by atoms with van der Waals surface area (Å²) in [6, 6.07) is 1.37. The predicted octanol–water partition coefficient (Wildman–Crippen LogP) is 1.20. The van der Waals surface area contributed by atoms with Crippen LogP contribution in [-0.4, -0.2) is 55.3 Å². The van der Waals surface area contributed by atoms with Crippen LogP contribution in [0.3, 0.4) is 0 Å². The van der Waals surface area contributed by atoms with Crippen molar-refractivity contribution < 1.29 is 26.8 Å². The van der Waals surface area contributed by atoms with Gasteiger partial charge in [-0.15, -0.1) is 0 Å². The lowest BCUT2D eigenvalue weighted by Crippen LogP contribution is -2.55. The normalized spacial score (nSPS) is 22.9. The topological polar surface area (TPSA) is 86.8 Å². The SMILES string of the molecule is O=C1CCN(C(=O)c2c(F)ccc(S(=O)(=O)NC3CC3)c2F)C2CCCN12. The van der Waals surface area contributed by atoms with Crippen LogP contribution in [0.1, 0.15) is 42.5 Å². The molecule has 0 bridgehead atoms. The summed E-state index contributed by atoms with van der Waals surface area (Å²) in [4.78, 5) is 26.9. The zero-order valence-electron chi connectivity index (χ0n) is 14.5. The Balaban J connectivity index is 1.69. The van der Waals surface area contributed by atoms with Crippen LogP contribution in [0.25, 0.3) is 0 Å². The zero-order valence-corrected chi connectivity index (χ0v) is 15.3. The average Bonchev–Trinajstić information content (AvgIpc) is 3.25. The van der Waals surface area contributed by atoms with Crippen LogP contribution in [0.15, 0.2) is 17.0 Å². The second-order valence-corrected chi connectivity index (χ2v) is 8.77. The Bertz CT molecular complexity index is 917. The van der Waals surface area contributed by atoms with Crippen molar-refractivity contribution in [3.05, 3.63) is 29.3 Å². The first-order valence-electron chi connectivity index (χ1n) is 8.90. The predicted molar refractivity (Wildman–Crippen MR) is 90.1 cm³/mol. The first kappa shape index (κ1) is 18.3. The lowest BCUT2D eigenvalue weighted by molar-refractivity contribution is -0.139. The Labute approximate surface area is 155 Å². The van der Waals surface area contributed by atoms with Crippen molar-refractivity contribution in [3.8, 4) is 0 Å². The van der Waals surface area contributed by atoms with E-state index in [0.29, 0.717) is 32.2 Å². The third-order valence-electron chi connectivity index (χ3n) is 5.19. The summed E-state index contributed by atoms with van der Waals surface area (Å²) in [5, 5.41) is 0. The standard InChI is InChI=1S/C17H19F2N3O4S/c18-11-5-6-12(27(25,26)20-10-3-4-10)16(19)15(11)17(24)22-9-7-14(23)21-8-1-2-13(21)22/h5-6,10,13,20H,1-4,7-9H2. The van der Waals surface area contributed by atoms with Crippen molar-refractivity contribution in [2.75, 3.05) is 13.1 Å². The zero-order chi connectivity index (χ0) is 19.3. The third-order valence-corrected chi connectivity index (χ3v) is 6.72. The van der Waals surface area contributed by atoms with Crippen LogP contribution in [0, 0.1) is 11.6 Å². The molecule has 2 heterocycles. The van der Waals surface area contributed by atoms with Crippen LogP contribution in [0.4, 0.5) is 8.78 Å². The maximum atomic E-state index is 14.9. The van der Waals surface area contributed by atoms with Gasteiger partial charge in [-0.2, -0.15) is 0 Å². The minimum atomic E-state index is -4.18. The van der Waals surface area contributed by atoms with E-state index in [1.807, 2.05) is 0 Å². The number of hydrogen-bond donors (Lipinski definition) is 1. The van der Waals surface area contributed by atoms with E-state index < -0.39 is 44.2 Å². The van der Waals surface area contributed by atoms with Crippen molar-refractivity contribution in [2.24, 2.45) is 0 Å². The molecule has 1 aliphatic carbocycles. The van der Waals surface area contributed by atoms with Crippen LogP contribution in [0.2, 0.25) is 0 Å². The molecule has 1 saturated carbocycles. The van der Waals surface area contributed by atoms with Crippen molar-refractivity contribution in [2.45, 2.75) is 49.2 Å². The number of nitrogens with one attached hydrogen (secondary N) is 1. The Morgan fingerprint density at radius 1 is 1.15 bits per heavy atom.